The molecule has 0 radical (unpaired) electrons. The molecule has 3 nitrogen and oxygen atoms in total. The molecule has 0 aliphatic heterocycles. The van der Waals surface area contributed by atoms with E-state index in [2.05, 4.69) is 13.8 Å². The largest absolute Gasteiger partial charge is 0.338 e. The second kappa shape index (κ2) is 7.70. The van der Waals surface area contributed by atoms with Gasteiger partial charge in [-0.2, -0.15) is 0 Å². The number of carbonyl (C=O) groups excluding carboxylic acids is 1. The van der Waals surface area contributed by atoms with E-state index in [0.717, 1.165) is 25.8 Å². The molecule has 100 valence electrons. The molecule has 0 heterocycles. The molecular weight excluding hydrogens is 212 g/mol. The summed E-state index contributed by atoms with van der Waals surface area (Å²) in [6.07, 6.45) is 7.91. The fourth-order valence-corrected chi connectivity index (χ4v) is 2.96. The zero-order valence-electron chi connectivity index (χ0n) is 11.5. The van der Waals surface area contributed by atoms with E-state index in [0.29, 0.717) is 24.4 Å². The van der Waals surface area contributed by atoms with Crippen LogP contribution >= 0.6 is 0 Å². The number of nitrogens with two attached hydrogens (primary N) is 1. The summed E-state index contributed by atoms with van der Waals surface area (Å²) in [6, 6.07) is 0.382. The van der Waals surface area contributed by atoms with Crippen molar-refractivity contribution in [2.45, 2.75) is 64.8 Å². The van der Waals surface area contributed by atoms with Crippen molar-refractivity contribution < 1.29 is 4.79 Å². The molecule has 2 N–H and O–H groups in total. The topological polar surface area (TPSA) is 46.3 Å². The molecule has 1 rings (SSSR count). The van der Waals surface area contributed by atoms with Crippen molar-refractivity contribution in [3.05, 3.63) is 0 Å². The van der Waals surface area contributed by atoms with Gasteiger partial charge in [-0.15, -0.1) is 0 Å². The summed E-state index contributed by atoms with van der Waals surface area (Å²) in [5.41, 5.74) is 5.63. The molecule has 0 aromatic rings. The van der Waals surface area contributed by atoms with Crippen LogP contribution in [0.5, 0.6) is 0 Å². The molecule has 0 spiro atoms. The van der Waals surface area contributed by atoms with Gasteiger partial charge < -0.3 is 10.6 Å². The Morgan fingerprint density at radius 3 is 2.35 bits per heavy atom. The molecule has 0 unspecified atom stereocenters. The van der Waals surface area contributed by atoms with Crippen LogP contribution in [0.1, 0.15) is 58.8 Å². The van der Waals surface area contributed by atoms with E-state index >= 15 is 0 Å². The molecule has 1 saturated carbocycles. The van der Waals surface area contributed by atoms with Crippen molar-refractivity contribution in [2.75, 3.05) is 13.1 Å². The molecule has 1 fully saturated rings. The van der Waals surface area contributed by atoms with Gasteiger partial charge in [-0.05, 0) is 31.6 Å². The molecule has 0 saturated heterocycles. The van der Waals surface area contributed by atoms with Gasteiger partial charge in [-0.3, -0.25) is 4.79 Å². The summed E-state index contributed by atoms with van der Waals surface area (Å²) in [6.45, 7) is 5.60. The summed E-state index contributed by atoms with van der Waals surface area (Å²) in [7, 11) is 0. The highest BCUT2D eigenvalue weighted by atomic mass is 16.2. The van der Waals surface area contributed by atoms with Gasteiger partial charge in [0.2, 0.25) is 5.91 Å². The van der Waals surface area contributed by atoms with E-state index in [1.165, 1.54) is 25.7 Å². The number of rotatable bonds is 7. The van der Waals surface area contributed by atoms with Crippen molar-refractivity contribution in [1.82, 2.24) is 4.90 Å². The molecule has 1 aliphatic rings. The summed E-state index contributed by atoms with van der Waals surface area (Å²) in [4.78, 5) is 14.3. The number of hydrogen-bond acceptors (Lipinski definition) is 2. The minimum absolute atomic E-state index is 0.330. The van der Waals surface area contributed by atoms with Crippen LogP contribution in [0, 0.1) is 5.92 Å². The Morgan fingerprint density at radius 1 is 1.29 bits per heavy atom. The molecule has 1 amide bonds. The number of carbonyl (C=O) groups is 1. The smallest absolute Gasteiger partial charge is 0.223 e. The quantitative estimate of drug-likeness (QED) is 0.743. The van der Waals surface area contributed by atoms with Gasteiger partial charge in [-0.25, -0.2) is 0 Å². The third-order valence-electron chi connectivity index (χ3n) is 4.01. The third-order valence-corrected chi connectivity index (χ3v) is 4.01. The van der Waals surface area contributed by atoms with Crippen LogP contribution < -0.4 is 5.73 Å². The van der Waals surface area contributed by atoms with Gasteiger partial charge in [0.1, 0.15) is 0 Å². The number of amides is 1. The Balaban J connectivity index is 2.52. The Bertz CT molecular complexity index is 220. The number of hydrogen-bond donors (Lipinski definition) is 1. The highest BCUT2D eigenvalue weighted by Gasteiger charge is 2.24. The van der Waals surface area contributed by atoms with Crippen LogP contribution in [0.3, 0.4) is 0 Å². The molecule has 17 heavy (non-hydrogen) atoms. The van der Waals surface area contributed by atoms with Crippen LogP contribution in [0.25, 0.3) is 0 Å². The van der Waals surface area contributed by atoms with E-state index < -0.39 is 0 Å². The minimum atomic E-state index is 0.330. The first-order chi connectivity index (χ1) is 8.22. The predicted molar refractivity (Wildman–Crippen MR) is 71.7 cm³/mol. The average Bonchev–Trinajstić information content (AvgIpc) is 2.82. The number of nitrogens with zero attached hydrogens (tertiary/aromatic N) is 1. The fraction of sp³-hybridized carbons (Fsp3) is 0.929. The highest BCUT2D eigenvalue weighted by Crippen LogP contribution is 2.28. The Hall–Kier alpha value is -0.570. The third kappa shape index (κ3) is 4.30. The first-order valence-electron chi connectivity index (χ1n) is 7.22. The van der Waals surface area contributed by atoms with Crippen LogP contribution in [0.15, 0.2) is 0 Å². The molecule has 0 bridgehead atoms. The fourth-order valence-electron chi connectivity index (χ4n) is 2.96. The molecular formula is C14H28N2O. The first-order valence-corrected chi connectivity index (χ1v) is 7.22. The maximum Gasteiger partial charge on any atom is 0.223 e. The van der Waals surface area contributed by atoms with E-state index in [4.69, 9.17) is 5.73 Å². The summed E-state index contributed by atoms with van der Waals surface area (Å²) >= 11 is 0. The first kappa shape index (κ1) is 14.5. The van der Waals surface area contributed by atoms with Gasteiger partial charge in [0, 0.05) is 25.6 Å². The van der Waals surface area contributed by atoms with Gasteiger partial charge >= 0.3 is 0 Å². The normalized spacial score (nSPS) is 16.7. The van der Waals surface area contributed by atoms with Gasteiger partial charge in [-0.1, -0.05) is 26.7 Å². The average molecular weight is 240 g/mol. The van der Waals surface area contributed by atoms with Crippen LogP contribution in [-0.4, -0.2) is 29.9 Å². The lowest BCUT2D eigenvalue weighted by molar-refractivity contribution is -0.134. The van der Waals surface area contributed by atoms with E-state index in [1.807, 2.05) is 4.90 Å². The van der Waals surface area contributed by atoms with Crippen LogP contribution in [0.2, 0.25) is 0 Å². The molecule has 3 heteroatoms. The second-order valence-corrected chi connectivity index (χ2v) is 5.20. The lowest BCUT2D eigenvalue weighted by Gasteiger charge is -2.31. The molecule has 0 aromatic carbocycles. The van der Waals surface area contributed by atoms with Crippen LogP contribution in [0.4, 0.5) is 0 Å². The lowest BCUT2D eigenvalue weighted by Crippen LogP contribution is -2.43. The zero-order valence-corrected chi connectivity index (χ0v) is 11.5. The predicted octanol–water partition coefficient (Wildman–Crippen LogP) is 2.54. The lowest BCUT2D eigenvalue weighted by atomic mass is 10.0. The van der Waals surface area contributed by atoms with Gasteiger partial charge in [0.05, 0.1) is 0 Å². The molecule has 1 aliphatic carbocycles. The van der Waals surface area contributed by atoms with Gasteiger partial charge in [0.25, 0.3) is 0 Å². The van der Waals surface area contributed by atoms with Gasteiger partial charge in [0.15, 0.2) is 0 Å². The maximum absolute atomic E-state index is 12.3. The Labute approximate surface area is 106 Å². The summed E-state index contributed by atoms with van der Waals surface area (Å²) in [5.74, 6) is 0.966. The Morgan fingerprint density at radius 2 is 1.88 bits per heavy atom. The van der Waals surface area contributed by atoms with Crippen molar-refractivity contribution in [1.29, 1.82) is 0 Å². The van der Waals surface area contributed by atoms with Crippen molar-refractivity contribution in [2.24, 2.45) is 11.7 Å². The minimum Gasteiger partial charge on any atom is -0.338 e. The van der Waals surface area contributed by atoms with E-state index in [9.17, 15) is 4.79 Å². The molecule has 0 atom stereocenters. The molecule has 0 aromatic heterocycles. The van der Waals surface area contributed by atoms with E-state index in [1.54, 1.807) is 0 Å². The summed E-state index contributed by atoms with van der Waals surface area (Å²) < 4.78 is 0. The SMILES string of the molecule is CCC(CC)N(CCN)C(=O)CC1CCCC1. The van der Waals surface area contributed by atoms with Crippen molar-refractivity contribution >= 4 is 5.91 Å². The monoisotopic (exact) mass is 240 g/mol. The van der Waals surface area contributed by atoms with Crippen molar-refractivity contribution in [3.63, 3.8) is 0 Å². The standard InChI is InChI=1S/C14H28N2O/c1-3-13(4-2)16(10-9-15)14(17)11-12-7-5-6-8-12/h12-13H,3-11,15H2,1-2H3. The van der Waals surface area contributed by atoms with E-state index in [-0.39, 0.29) is 0 Å². The summed E-state index contributed by atoms with van der Waals surface area (Å²) in [5, 5.41) is 0. The zero-order chi connectivity index (χ0) is 12.7. The van der Waals surface area contributed by atoms with Crippen LogP contribution in [-0.2, 0) is 4.79 Å². The highest BCUT2D eigenvalue weighted by molar-refractivity contribution is 5.76. The maximum atomic E-state index is 12.3. The Kier molecular flexibility index (Phi) is 6.56. The second-order valence-electron chi connectivity index (χ2n) is 5.20. The van der Waals surface area contributed by atoms with Crippen molar-refractivity contribution in [3.8, 4) is 0 Å².